The van der Waals surface area contributed by atoms with E-state index in [1.165, 1.54) is 18.7 Å². The SMILES string of the molecule is COc1nc(-c2cccc(-c3cccc(NC(=O)c4c(C)n(C)c(=O)n(C)c4=O)c3C)c2Cl)cc2c1C(NCC1CCC(=O)N1)CC2. The summed E-state index contributed by atoms with van der Waals surface area (Å²) in [6.45, 7) is 4.14. The average molecular weight is 657 g/mol. The molecule has 1 saturated heterocycles. The van der Waals surface area contributed by atoms with Gasteiger partial charge in [0.05, 0.1) is 17.8 Å². The van der Waals surface area contributed by atoms with E-state index in [2.05, 4.69) is 22.0 Å². The Balaban J connectivity index is 1.30. The van der Waals surface area contributed by atoms with Crippen molar-refractivity contribution in [2.45, 2.75) is 51.6 Å². The van der Waals surface area contributed by atoms with Crippen molar-refractivity contribution >= 4 is 29.1 Å². The van der Waals surface area contributed by atoms with E-state index in [0.717, 1.165) is 57.2 Å². The van der Waals surface area contributed by atoms with Gasteiger partial charge in [0.15, 0.2) is 0 Å². The molecule has 1 aliphatic heterocycles. The van der Waals surface area contributed by atoms with Gasteiger partial charge in [0.2, 0.25) is 11.8 Å². The zero-order valence-corrected chi connectivity index (χ0v) is 27.7. The van der Waals surface area contributed by atoms with Gasteiger partial charge < -0.3 is 25.3 Å². The molecule has 3 heterocycles. The van der Waals surface area contributed by atoms with Gasteiger partial charge in [-0.1, -0.05) is 41.9 Å². The van der Waals surface area contributed by atoms with Gasteiger partial charge in [0, 0.05) is 67.2 Å². The first-order valence-electron chi connectivity index (χ1n) is 15.6. The fraction of sp³-hybridized carbons (Fsp3) is 0.343. The van der Waals surface area contributed by atoms with Gasteiger partial charge in [-0.15, -0.1) is 0 Å². The van der Waals surface area contributed by atoms with Crippen LogP contribution in [-0.4, -0.2) is 45.6 Å². The summed E-state index contributed by atoms with van der Waals surface area (Å²) in [5.41, 5.74) is 5.46. The third-order valence-electron chi connectivity index (χ3n) is 9.38. The van der Waals surface area contributed by atoms with Crippen molar-refractivity contribution in [3.05, 3.63) is 96.3 Å². The second-order valence-electron chi connectivity index (χ2n) is 12.2. The average Bonchev–Trinajstić information content (AvgIpc) is 3.68. The Bertz CT molecular complexity index is 2050. The van der Waals surface area contributed by atoms with E-state index in [1.54, 1.807) is 20.1 Å². The summed E-state index contributed by atoms with van der Waals surface area (Å²) in [7, 11) is 4.49. The highest BCUT2D eigenvalue weighted by Crippen LogP contribution is 2.43. The zero-order valence-electron chi connectivity index (χ0n) is 27.0. The largest absolute Gasteiger partial charge is 0.481 e. The number of ether oxygens (including phenoxy) is 1. The summed E-state index contributed by atoms with van der Waals surface area (Å²) < 4.78 is 7.99. The molecule has 0 spiro atoms. The van der Waals surface area contributed by atoms with Gasteiger partial charge >= 0.3 is 5.69 Å². The lowest BCUT2D eigenvalue weighted by atomic mass is 9.96. The van der Waals surface area contributed by atoms with Gasteiger partial charge in [-0.25, -0.2) is 9.78 Å². The molecule has 2 aliphatic rings. The van der Waals surface area contributed by atoms with E-state index >= 15 is 0 Å². The molecule has 0 radical (unpaired) electrons. The van der Waals surface area contributed by atoms with E-state index in [9.17, 15) is 19.2 Å². The topological polar surface area (TPSA) is 136 Å². The van der Waals surface area contributed by atoms with Gasteiger partial charge in [-0.3, -0.25) is 19.0 Å². The molecular weight excluding hydrogens is 620 g/mol. The van der Waals surface area contributed by atoms with Crippen molar-refractivity contribution in [2.24, 2.45) is 14.1 Å². The first kappa shape index (κ1) is 32.2. The molecule has 0 bridgehead atoms. The number of fused-ring (bicyclic) bond motifs is 1. The first-order chi connectivity index (χ1) is 22.5. The second kappa shape index (κ2) is 12.8. The Morgan fingerprint density at radius 2 is 1.74 bits per heavy atom. The number of nitrogens with zero attached hydrogens (tertiary/aromatic N) is 3. The number of carbonyl (C=O) groups is 2. The number of benzene rings is 2. The maximum absolute atomic E-state index is 13.4. The van der Waals surface area contributed by atoms with Gasteiger partial charge in [0.1, 0.15) is 5.56 Å². The number of nitrogens with one attached hydrogen (secondary N) is 3. The molecule has 1 fully saturated rings. The van der Waals surface area contributed by atoms with Gasteiger partial charge in [-0.05, 0) is 61.9 Å². The first-order valence-corrected chi connectivity index (χ1v) is 15.9. The number of hydrogen-bond donors (Lipinski definition) is 3. The minimum absolute atomic E-state index is 0.0751. The van der Waals surface area contributed by atoms with Crippen LogP contribution in [0.1, 0.15) is 58.0 Å². The van der Waals surface area contributed by atoms with Crippen LogP contribution in [0, 0.1) is 13.8 Å². The van der Waals surface area contributed by atoms with Crippen LogP contribution < -0.4 is 31.9 Å². The lowest BCUT2D eigenvalue weighted by molar-refractivity contribution is -0.119. The van der Waals surface area contributed by atoms with Crippen LogP contribution in [0.25, 0.3) is 22.4 Å². The predicted molar refractivity (Wildman–Crippen MR) is 181 cm³/mol. The fourth-order valence-corrected chi connectivity index (χ4v) is 6.94. The lowest BCUT2D eigenvalue weighted by Crippen LogP contribution is -2.42. The van der Waals surface area contributed by atoms with Crippen molar-refractivity contribution in [1.29, 1.82) is 0 Å². The Hall–Kier alpha value is -4.74. The molecule has 47 heavy (non-hydrogen) atoms. The van der Waals surface area contributed by atoms with E-state index in [0.29, 0.717) is 35.2 Å². The van der Waals surface area contributed by atoms with Gasteiger partial charge in [-0.2, -0.15) is 0 Å². The lowest BCUT2D eigenvalue weighted by Gasteiger charge is -2.20. The number of aromatic nitrogens is 3. The maximum Gasteiger partial charge on any atom is 0.330 e. The van der Waals surface area contributed by atoms with E-state index in [4.69, 9.17) is 21.3 Å². The molecule has 244 valence electrons. The number of hydrogen-bond acceptors (Lipinski definition) is 7. The molecule has 2 aromatic heterocycles. The Morgan fingerprint density at radius 1 is 1.02 bits per heavy atom. The number of amides is 2. The number of aryl methyl sites for hydroxylation is 1. The number of rotatable bonds is 8. The number of carbonyl (C=O) groups excluding carboxylic acids is 2. The summed E-state index contributed by atoms with van der Waals surface area (Å²) in [5.74, 6) is 0.0425. The summed E-state index contributed by atoms with van der Waals surface area (Å²) in [6, 6.07) is 13.5. The third-order valence-corrected chi connectivity index (χ3v) is 9.79. The Kier molecular flexibility index (Phi) is 8.78. The quantitative estimate of drug-likeness (QED) is 0.259. The summed E-state index contributed by atoms with van der Waals surface area (Å²) in [4.78, 5) is 55.0. The molecule has 1 aliphatic carbocycles. The van der Waals surface area contributed by atoms with Crippen LogP contribution in [-0.2, 0) is 25.3 Å². The Morgan fingerprint density at radius 3 is 2.47 bits per heavy atom. The second-order valence-corrected chi connectivity index (χ2v) is 12.5. The minimum atomic E-state index is -0.658. The molecule has 2 unspecified atom stereocenters. The van der Waals surface area contributed by atoms with Crippen molar-refractivity contribution < 1.29 is 14.3 Å². The van der Waals surface area contributed by atoms with Crippen molar-refractivity contribution in [3.63, 3.8) is 0 Å². The molecule has 3 N–H and O–H groups in total. The third kappa shape index (κ3) is 5.85. The van der Waals surface area contributed by atoms with Crippen LogP contribution in [0.15, 0.2) is 52.1 Å². The fourth-order valence-electron chi connectivity index (χ4n) is 6.61. The summed E-state index contributed by atoms with van der Waals surface area (Å²) in [5, 5.41) is 9.98. The highest BCUT2D eigenvalue weighted by molar-refractivity contribution is 6.36. The van der Waals surface area contributed by atoms with Crippen molar-refractivity contribution in [3.8, 4) is 28.3 Å². The molecule has 2 aromatic carbocycles. The molecule has 4 aromatic rings. The number of anilines is 1. The van der Waals surface area contributed by atoms with E-state index in [-0.39, 0.29) is 29.2 Å². The number of pyridine rings is 1. The molecular formula is C35H37ClN6O5. The van der Waals surface area contributed by atoms with Crippen molar-refractivity contribution in [1.82, 2.24) is 24.8 Å². The predicted octanol–water partition coefficient (Wildman–Crippen LogP) is 4.20. The number of methoxy groups -OCH3 is 1. The highest BCUT2D eigenvalue weighted by Gasteiger charge is 2.30. The summed E-state index contributed by atoms with van der Waals surface area (Å²) in [6.07, 6.45) is 3.15. The molecule has 11 nitrogen and oxygen atoms in total. The monoisotopic (exact) mass is 656 g/mol. The van der Waals surface area contributed by atoms with Crippen LogP contribution in [0.2, 0.25) is 5.02 Å². The van der Waals surface area contributed by atoms with Crippen LogP contribution in [0.5, 0.6) is 5.88 Å². The molecule has 2 amide bonds. The van der Waals surface area contributed by atoms with Gasteiger partial charge in [0.25, 0.3) is 11.5 Å². The van der Waals surface area contributed by atoms with Crippen LogP contribution in [0.4, 0.5) is 5.69 Å². The normalized spacial score (nSPS) is 17.0. The van der Waals surface area contributed by atoms with E-state index < -0.39 is 17.2 Å². The Labute approximate surface area is 276 Å². The standard InChI is InChI=1S/C35H37ClN6O5/c1-18-22(8-7-11-25(18)39-32(44)29-19(2)41(3)35(46)42(4)34(29)45)23-9-6-10-24(31(23)36)27-16-20-12-14-26(30(20)33(40-27)47-5)37-17-21-13-15-28(43)38-21/h6-11,16,21,26,37H,12-15,17H2,1-5H3,(H,38,43)(H,39,44). The molecule has 0 saturated carbocycles. The number of halogens is 1. The smallest absolute Gasteiger partial charge is 0.330 e. The van der Waals surface area contributed by atoms with Crippen LogP contribution >= 0.6 is 11.6 Å². The van der Waals surface area contributed by atoms with E-state index in [1.807, 2.05) is 37.3 Å². The molecule has 12 heteroatoms. The zero-order chi connectivity index (χ0) is 33.6. The van der Waals surface area contributed by atoms with Crippen LogP contribution in [0.3, 0.4) is 0 Å². The minimum Gasteiger partial charge on any atom is -0.481 e. The molecule has 2 atom stereocenters. The van der Waals surface area contributed by atoms with Crippen molar-refractivity contribution in [2.75, 3.05) is 19.0 Å². The maximum atomic E-state index is 13.4. The molecule has 6 rings (SSSR count). The summed E-state index contributed by atoms with van der Waals surface area (Å²) >= 11 is 7.11. The highest BCUT2D eigenvalue weighted by atomic mass is 35.5.